The van der Waals surface area contributed by atoms with Gasteiger partial charge in [-0.15, -0.1) is 0 Å². The number of carbonyl (C=O) groups is 2. The Hall–Kier alpha value is -1.95. The fourth-order valence-electron chi connectivity index (χ4n) is 3.49. The molecule has 1 N–H and O–H groups in total. The Morgan fingerprint density at radius 3 is 2.68 bits per heavy atom. The summed E-state index contributed by atoms with van der Waals surface area (Å²) in [4.78, 5) is 34.1. The van der Waals surface area contributed by atoms with E-state index in [1.54, 1.807) is 18.3 Å². The van der Waals surface area contributed by atoms with Gasteiger partial charge in [0.05, 0.1) is 11.1 Å². The second kappa shape index (κ2) is 4.78. The average molecular weight is 304 g/mol. The Bertz CT molecular complexity index is 616. The highest BCUT2D eigenvalue weighted by molar-refractivity contribution is 5.95. The monoisotopic (exact) mass is 304 g/mol. The van der Waals surface area contributed by atoms with Gasteiger partial charge in [0.15, 0.2) is 5.60 Å². The maximum atomic E-state index is 12.6. The molecule has 1 aromatic rings. The minimum Gasteiger partial charge on any atom is -0.448 e. The third kappa shape index (κ3) is 1.80. The first-order valence-electron chi connectivity index (χ1n) is 7.39. The number of nitrogens with one attached hydrogen (secondary N) is 1. The lowest BCUT2D eigenvalue weighted by atomic mass is 9.66. The molecule has 2 bridgehead atoms. The van der Waals surface area contributed by atoms with E-state index in [4.69, 9.17) is 9.57 Å². The lowest BCUT2D eigenvalue weighted by Crippen LogP contribution is -2.53. The number of carbonyl (C=O) groups excluding carboxylic acids is 2. The van der Waals surface area contributed by atoms with Crippen molar-refractivity contribution in [1.82, 2.24) is 10.5 Å². The van der Waals surface area contributed by atoms with E-state index in [2.05, 4.69) is 10.5 Å². The van der Waals surface area contributed by atoms with Crippen LogP contribution in [0.4, 0.5) is 0 Å². The Kier molecular flexibility index (Phi) is 3.25. The summed E-state index contributed by atoms with van der Waals surface area (Å²) in [6.07, 6.45) is 2.82. The van der Waals surface area contributed by atoms with E-state index >= 15 is 0 Å². The quantitative estimate of drug-likeness (QED) is 0.677. The van der Waals surface area contributed by atoms with Crippen molar-refractivity contribution in [3.63, 3.8) is 0 Å². The number of nitrogens with zero attached hydrogens (tertiary/aromatic N) is 1. The third-order valence-electron chi connectivity index (χ3n) is 5.56. The van der Waals surface area contributed by atoms with Gasteiger partial charge in [0, 0.05) is 11.6 Å². The summed E-state index contributed by atoms with van der Waals surface area (Å²) < 4.78 is 5.48. The summed E-state index contributed by atoms with van der Waals surface area (Å²) in [6.45, 7) is 5.84. The predicted octanol–water partition coefficient (Wildman–Crippen LogP) is 1.75. The van der Waals surface area contributed by atoms with Crippen LogP contribution in [0.2, 0.25) is 0 Å². The Morgan fingerprint density at radius 1 is 1.36 bits per heavy atom. The first-order chi connectivity index (χ1) is 10.3. The van der Waals surface area contributed by atoms with E-state index in [-0.39, 0.29) is 12.6 Å². The van der Waals surface area contributed by atoms with E-state index in [9.17, 15) is 9.59 Å². The van der Waals surface area contributed by atoms with Crippen LogP contribution in [0, 0.1) is 10.8 Å². The molecule has 0 unspecified atom stereocenters. The molecular formula is C16H20N2O4. The first kappa shape index (κ1) is 15.0. The molecule has 0 spiro atoms. The van der Waals surface area contributed by atoms with Gasteiger partial charge in [0.2, 0.25) is 0 Å². The van der Waals surface area contributed by atoms with Gasteiger partial charge in [-0.25, -0.2) is 5.48 Å². The summed E-state index contributed by atoms with van der Waals surface area (Å²) in [6, 6.07) is 5.45. The molecular weight excluding hydrogens is 284 g/mol. The molecule has 2 aliphatic rings. The number of amides is 1. The fourth-order valence-corrected chi connectivity index (χ4v) is 3.49. The Balaban J connectivity index is 1.69. The molecule has 0 aromatic carbocycles. The second-order valence-corrected chi connectivity index (χ2v) is 6.71. The zero-order valence-electron chi connectivity index (χ0n) is 13.0. The predicted molar refractivity (Wildman–Crippen MR) is 77.1 cm³/mol. The molecule has 6 heteroatoms. The largest absolute Gasteiger partial charge is 0.448 e. The van der Waals surface area contributed by atoms with Gasteiger partial charge >= 0.3 is 5.97 Å². The smallest absolute Gasteiger partial charge is 0.313 e. The topological polar surface area (TPSA) is 77.5 Å². The summed E-state index contributed by atoms with van der Waals surface area (Å²) >= 11 is 0. The van der Waals surface area contributed by atoms with Crippen LogP contribution in [0.5, 0.6) is 0 Å². The number of hydroxylamine groups is 1. The molecule has 0 radical (unpaired) electrons. The molecule has 2 atom stereocenters. The van der Waals surface area contributed by atoms with Crippen molar-refractivity contribution in [2.24, 2.45) is 10.8 Å². The number of hydrogen-bond donors (Lipinski definition) is 1. The van der Waals surface area contributed by atoms with E-state index in [1.807, 2.05) is 26.8 Å². The van der Waals surface area contributed by atoms with E-state index in [1.165, 1.54) is 0 Å². The van der Waals surface area contributed by atoms with Crippen LogP contribution < -0.4 is 5.48 Å². The van der Waals surface area contributed by atoms with Gasteiger partial charge in [-0.1, -0.05) is 19.9 Å². The number of pyridine rings is 1. The minimum atomic E-state index is -1.15. The summed E-state index contributed by atoms with van der Waals surface area (Å²) in [7, 11) is 0. The normalized spacial score (nSPS) is 31.9. The highest BCUT2D eigenvalue weighted by Crippen LogP contribution is 2.65. The molecule has 2 fully saturated rings. The molecule has 2 heterocycles. The van der Waals surface area contributed by atoms with Crippen molar-refractivity contribution >= 4 is 11.9 Å². The third-order valence-corrected chi connectivity index (χ3v) is 5.56. The summed E-state index contributed by atoms with van der Waals surface area (Å²) in [5, 5.41) is 0. The van der Waals surface area contributed by atoms with E-state index < -0.39 is 22.3 Å². The van der Waals surface area contributed by atoms with Crippen LogP contribution in [0.25, 0.3) is 0 Å². The van der Waals surface area contributed by atoms with Crippen LogP contribution in [0.15, 0.2) is 24.4 Å². The van der Waals surface area contributed by atoms with Crippen LogP contribution in [0.3, 0.4) is 0 Å². The van der Waals surface area contributed by atoms with Crippen LogP contribution in [-0.4, -0.2) is 22.5 Å². The van der Waals surface area contributed by atoms with Gasteiger partial charge in [0.1, 0.15) is 6.61 Å². The van der Waals surface area contributed by atoms with Gasteiger partial charge in [-0.05, 0) is 31.9 Å². The molecule has 118 valence electrons. The molecule has 22 heavy (non-hydrogen) atoms. The molecule has 1 aliphatic carbocycles. The van der Waals surface area contributed by atoms with Crippen molar-refractivity contribution in [2.75, 3.05) is 0 Å². The molecule has 3 rings (SSSR count). The number of hydrogen-bond acceptors (Lipinski definition) is 5. The highest BCUT2D eigenvalue weighted by Gasteiger charge is 2.75. The van der Waals surface area contributed by atoms with E-state index in [0.717, 1.165) is 0 Å². The number of aromatic nitrogens is 1. The first-order valence-corrected chi connectivity index (χ1v) is 7.39. The van der Waals surface area contributed by atoms with Gasteiger partial charge in [-0.3, -0.25) is 19.4 Å². The Morgan fingerprint density at radius 2 is 2.14 bits per heavy atom. The molecule has 1 saturated carbocycles. The number of ether oxygens (including phenoxy) is 1. The fraction of sp³-hybridized carbons (Fsp3) is 0.562. The zero-order chi connectivity index (χ0) is 16.0. The van der Waals surface area contributed by atoms with Crippen LogP contribution in [0.1, 0.15) is 39.3 Å². The van der Waals surface area contributed by atoms with Crippen LogP contribution >= 0.6 is 0 Å². The Labute approximate surface area is 129 Å². The second-order valence-electron chi connectivity index (χ2n) is 6.71. The van der Waals surface area contributed by atoms with Crippen molar-refractivity contribution in [3.8, 4) is 0 Å². The van der Waals surface area contributed by atoms with Gasteiger partial charge < -0.3 is 4.74 Å². The molecule has 1 aliphatic heterocycles. The molecule has 6 nitrogen and oxygen atoms in total. The maximum Gasteiger partial charge on any atom is 0.313 e. The van der Waals surface area contributed by atoms with Crippen molar-refractivity contribution in [2.45, 2.75) is 45.8 Å². The van der Waals surface area contributed by atoms with Crippen LogP contribution in [-0.2, 0) is 25.8 Å². The zero-order valence-corrected chi connectivity index (χ0v) is 13.0. The average Bonchev–Trinajstić information content (AvgIpc) is 2.78. The number of esters is 1. The van der Waals surface area contributed by atoms with Crippen molar-refractivity contribution in [1.29, 1.82) is 0 Å². The van der Waals surface area contributed by atoms with Gasteiger partial charge in [-0.2, -0.15) is 0 Å². The number of rotatable bonds is 4. The lowest BCUT2D eigenvalue weighted by Gasteiger charge is -2.34. The molecule has 1 amide bonds. The van der Waals surface area contributed by atoms with E-state index in [0.29, 0.717) is 18.5 Å². The van der Waals surface area contributed by atoms with Crippen molar-refractivity contribution < 1.29 is 19.2 Å². The summed E-state index contributed by atoms with van der Waals surface area (Å²) in [5.74, 6) is -0.702. The maximum absolute atomic E-state index is 12.6. The standard InChI is InChI=1S/C16H20N2O4/c1-14(2)15(3)7-8-16(14,22-13(15)20)12(19)18-21-10-11-6-4-5-9-17-11/h4-6,9H,7-8,10H2,1-3H3,(H,18,19)/t15-,16+/m0/s1. The highest BCUT2D eigenvalue weighted by atomic mass is 16.7. The molecule has 1 saturated heterocycles. The molecule has 1 aromatic heterocycles. The number of fused-ring (bicyclic) bond motifs is 2. The van der Waals surface area contributed by atoms with Crippen molar-refractivity contribution in [3.05, 3.63) is 30.1 Å². The van der Waals surface area contributed by atoms with Gasteiger partial charge in [0.25, 0.3) is 5.91 Å². The lowest BCUT2D eigenvalue weighted by molar-refractivity contribution is -0.175. The minimum absolute atomic E-state index is 0.161. The summed E-state index contributed by atoms with van der Waals surface area (Å²) in [5.41, 5.74) is 0.793. The SMILES string of the molecule is CC1(C)[C@@]2(C)CC[C@]1(C(=O)NOCc1ccccn1)OC2=O.